The lowest BCUT2D eigenvalue weighted by molar-refractivity contribution is 0.467. The largest absolute Gasteiger partial charge is 0.507 e. The molecule has 4 nitrogen and oxygen atoms in total. The van der Waals surface area contributed by atoms with Crippen LogP contribution in [-0.2, 0) is 0 Å². The zero-order chi connectivity index (χ0) is 14.8. The number of hydrogen-bond donors (Lipinski definition) is 1. The van der Waals surface area contributed by atoms with Crippen LogP contribution >= 0.6 is 0 Å². The van der Waals surface area contributed by atoms with Gasteiger partial charge >= 0.3 is 0 Å². The third-order valence-corrected chi connectivity index (χ3v) is 3.36. The van der Waals surface area contributed by atoms with Gasteiger partial charge in [-0.15, -0.1) is 5.11 Å². The molecule has 1 N–H and O–H groups in total. The van der Waals surface area contributed by atoms with E-state index in [4.69, 9.17) is 0 Å². The monoisotopic (exact) mass is 277 g/mol. The fraction of sp³-hybridized carbons (Fsp3) is 0.118. The molecule has 3 rings (SSSR count). The number of aromatic hydroxyl groups is 1. The van der Waals surface area contributed by atoms with Gasteiger partial charge in [-0.3, -0.25) is 4.98 Å². The molecular weight excluding hydrogens is 262 g/mol. The summed E-state index contributed by atoms with van der Waals surface area (Å²) in [5.74, 6) is 0.306. The average molecular weight is 277 g/mol. The molecule has 21 heavy (non-hydrogen) atoms. The smallest absolute Gasteiger partial charge is 0.121 e. The lowest BCUT2D eigenvalue weighted by Crippen LogP contribution is -1.80. The van der Waals surface area contributed by atoms with E-state index in [1.807, 2.05) is 56.3 Å². The van der Waals surface area contributed by atoms with E-state index in [-0.39, 0.29) is 0 Å². The average Bonchev–Trinajstić information content (AvgIpc) is 2.50. The van der Waals surface area contributed by atoms with E-state index in [0.29, 0.717) is 5.75 Å². The molecule has 0 bridgehead atoms. The van der Waals surface area contributed by atoms with Crippen molar-refractivity contribution in [2.75, 3.05) is 0 Å². The minimum Gasteiger partial charge on any atom is -0.507 e. The van der Waals surface area contributed by atoms with Gasteiger partial charge < -0.3 is 5.11 Å². The maximum Gasteiger partial charge on any atom is 0.121 e. The Morgan fingerprint density at radius 2 is 1.67 bits per heavy atom. The van der Waals surface area contributed by atoms with Gasteiger partial charge in [-0.25, -0.2) is 0 Å². The molecule has 0 aliphatic carbocycles. The van der Waals surface area contributed by atoms with Crippen molar-refractivity contribution in [2.45, 2.75) is 13.8 Å². The highest BCUT2D eigenvalue weighted by Gasteiger charge is 2.04. The van der Waals surface area contributed by atoms with Gasteiger partial charge in [0.05, 0.1) is 11.2 Å². The molecule has 0 saturated carbocycles. The number of aryl methyl sites for hydroxylation is 2. The van der Waals surface area contributed by atoms with Crippen LogP contribution in [0, 0.1) is 13.8 Å². The first-order chi connectivity index (χ1) is 10.1. The third kappa shape index (κ3) is 2.60. The second kappa shape index (κ2) is 5.32. The Bertz CT molecular complexity index is 812. The topological polar surface area (TPSA) is 57.8 Å². The Balaban J connectivity index is 2.02. The van der Waals surface area contributed by atoms with Crippen LogP contribution < -0.4 is 0 Å². The van der Waals surface area contributed by atoms with Crippen molar-refractivity contribution in [3.8, 4) is 5.75 Å². The van der Waals surface area contributed by atoms with Crippen LogP contribution in [0.25, 0.3) is 10.9 Å². The highest BCUT2D eigenvalue weighted by Crippen LogP contribution is 2.29. The summed E-state index contributed by atoms with van der Waals surface area (Å²) >= 11 is 0. The lowest BCUT2D eigenvalue weighted by atomic mass is 10.1. The number of rotatable bonds is 2. The van der Waals surface area contributed by atoms with E-state index < -0.39 is 0 Å². The molecule has 0 fully saturated rings. The predicted molar refractivity (Wildman–Crippen MR) is 83.5 cm³/mol. The van der Waals surface area contributed by atoms with Crippen molar-refractivity contribution >= 4 is 22.3 Å². The molecule has 1 heterocycles. The minimum absolute atomic E-state index is 0.306. The second-order valence-electron chi connectivity index (χ2n) is 4.98. The van der Waals surface area contributed by atoms with Gasteiger partial charge in [0.1, 0.15) is 11.4 Å². The maximum atomic E-state index is 9.78. The maximum absolute atomic E-state index is 9.78. The Hall–Kier alpha value is -2.75. The number of phenolic OH excluding ortho intramolecular Hbond substituents is 1. The summed E-state index contributed by atoms with van der Waals surface area (Å²) in [6.45, 7) is 3.70. The van der Waals surface area contributed by atoms with E-state index in [9.17, 15) is 5.11 Å². The zero-order valence-electron chi connectivity index (χ0n) is 11.9. The quantitative estimate of drug-likeness (QED) is 0.672. The zero-order valence-corrected chi connectivity index (χ0v) is 11.9. The molecule has 0 unspecified atom stereocenters. The third-order valence-electron chi connectivity index (χ3n) is 3.36. The highest BCUT2D eigenvalue weighted by molar-refractivity contribution is 5.88. The van der Waals surface area contributed by atoms with Gasteiger partial charge in [0, 0.05) is 11.6 Å². The highest BCUT2D eigenvalue weighted by atomic mass is 16.3. The second-order valence-corrected chi connectivity index (χ2v) is 4.98. The molecular formula is C17H15N3O. The van der Waals surface area contributed by atoms with Crippen LogP contribution in [0.1, 0.15) is 11.1 Å². The fourth-order valence-electron chi connectivity index (χ4n) is 2.27. The molecule has 0 spiro atoms. The fourth-order valence-corrected chi connectivity index (χ4v) is 2.27. The summed E-state index contributed by atoms with van der Waals surface area (Å²) < 4.78 is 0. The molecule has 0 saturated heterocycles. The molecule has 0 radical (unpaired) electrons. The number of fused-ring (bicyclic) bond motifs is 1. The van der Waals surface area contributed by atoms with Crippen molar-refractivity contribution in [3.05, 3.63) is 59.8 Å². The Morgan fingerprint density at radius 1 is 0.952 bits per heavy atom. The predicted octanol–water partition coefficient (Wildman–Crippen LogP) is 4.97. The van der Waals surface area contributed by atoms with E-state index in [0.717, 1.165) is 33.4 Å². The summed E-state index contributed by atoms with van der Waals surface area (Å²) in [6, 6.07) is 13.3. The standard InChI is InChI=1S/C17H15N3O/c1-11-9-14(10-12(2)17(11)21)19-20-15-7-3-5-13-6-4-8-18-16(13)15/h3-10,21H,1-2H3. The summed E-state index contributed by atoms with van der Waals surface area (Å²) in [6.07, 6.45) is 1.75. The Labute approximate surface area is 122 Å². The van der Waals surface area contributed by atoms with E-state index in [1.54, 1.807) is 6.20 Å². The van der Waals surface area contributed by atoms with E-state index in [2.05, 4.69) is 15.2 Å². The lowest BCUT2D eigenvalue weighted by Gasteiger charge is -2.04. The SMILES string of the molecule is Cc1cc(N=Nc2cccc3cccnc23)cc(C)c1O. The first-order valence-corrected chi connectivity index (χ1v) is 6.71. The molecule has 0 aliphatic rings. The van der Waals surface area contributed by atoms with Crippen LogP contribution in [0.2, 0.25) is 0 Å². The van der Waals surface area contributed by atoms with Crippen molar-refractivity contribution in [3.63, 3.8) is 0 Å². The van der Waals surface area contributed by atoms with Crippen molar-refractivity contribution in [2.24, 2.45) is 10.2 Å². The number of pyridine rings is 1. The van der Waals surface area contributed by atoms with Crippen molar-refractivity contribution < 1.29 is 5.11 Å². The number of benzene rings is 2. The van der Waals surface area contributed by atoms with Crippen LogP contribution in [-0.4, -0.2) is 10.1 Å². The molecule has 0 aliphatic heterocycles. The number of nitrogens with zero attached hydrogens (tertiary/aromatic N) is 3. The molecule has 2 aromatic carbocycles. The van der Waals surface area contributed by atoms with E-state index >= 15 is 0 Å². The van der Waals surface area contributed by atoms with Gasteiger partial charge in [0.25, 0.3) is 0 Å². The van der Waals surface area contributed by atoms with Gasteiger partial charge in [-0.05, 0) is 49.2 Å². The number of hydrogen-bond acceptors (Lipinski definition) is 4. The van der Waals surface area contributed by atoms with Crippen LogP contribution in [0.3, 0.4) is 0 Å². The van der Waals surface area contributed by atoms with E-state index in [1.165, 1.54) is 0 Å². The molecule has 104 valence electrons. The van der Waals surface area contributed by atoms with Crippen molar-refractivity contribution in [1.82, 2.24) is 4.98 Å². The summed E-state index contributed by atoms with van der Waals surface area (Å²) in [4.78, 5) is 4.35. The van der Waals surface area contributed by atoms with Gasteiger partial charge in [-0.2, -0.15) is 5.11 Å². The van der Waals surface area contributed by atoms with Gasteiger partial charge in [0.2, 0.25) is 0 Å². The van der Waals surface area contributed by atoms with Gasteiger partial charge in [-0.1, -0.05) is 18.2 Å². The number of azo groups is 1. The molecule has 4 heteroatoms. The number of phenols is 1. The Morgan fingerprint density at radius 3 is 2.43 bits per heavy atom. The van der Waals surface area contributed by atoms with Crippen molar-refractivity contribution in [1.29, 1.82) is 0 Å². The molecule has 3 aromatic rings. The first-order valence-electron chi connectivity index (χ1n) is 6.71. The normalized spacial score (nSPS) is 11.3. The number of aromatic nitrogens is 1. The number of para-hydroxylation sites is 1. The van der Waals surface area contributed by atoms with Crippen LogP contribution in [0.15, 0.2) is 58.9 Å². The van der Waals surface area contributed by atoms with Crippen LogP contribution in [0.5, 0.6) is 5.75 Å². The molecule has 1 aromatic heterocycles. The molecule has 0 amide bonds. The summed E-state index contributed by atoms with van der Waals surface area (Å²) in [5, 5.41) is 19.4. The summed E-state index contributed by atoms with van der Waals surface area (Å²) in [5.41, 5.74) is 3.86. The minimum atomic E-state index is 0.306. The first kappa shape index (κ1) is 13.2. The van der Waals surface area contributed by atoms with Gasteiger partial charge in [0.15, 0.2) is 0 Å². The molecule has 0 atom stereocenters. The Kier molecular flexibility index (Phi) is 3.36. The summed E-state index contributed by atoms with van der Waals surface area (Å²) in [7, 11) is 0. The van der Waals surface area contributed by atoms with Crippen LogP contribution in [0.4, 0.5) is 11.4 Å².